The molecule has 7 nitrogen and oxygen atoms in total. The predicted molar refractivity (Wildman–Crippen MR) is 116 cm³/mol. The number of nitrogens with zero attached hydrogens (tertiary/aromatic N) is 1. The summed E-state index contributed by atoms with van der Waals surface area (Å²) in [4.78, 5) is 37.9. The number of hydrogen-bond acceptors (Lipinski definition) is 6. The maximum Gasteiger partial charge on any atom is 0.270 e. The molecule has 154 valence electrons. The van der Waals surface area contributed by atoms with E-state index in [1.807, 2.05) is 0 Å². The van der Waals surface area contributed by atoms with Crippen LogP contribution in [0.2, 0.25) is 5.02 Å². The summed E-state index contributed by atoms with van der Waals surface area (Å²) in [5.41, 5.74) is 0.517. The molecule has 3 aromatic rings. The normalized spacial score (nSPS) is 15.3. The number of hydrogen-bond donors (Lipinski definition) is 1. The summed E-state index contributed by atoms with van der Waals surface area (Å²) >= 11 is 11.0. The molecule has 0 radical (unpaired) electrons. The molecule has 0 spiro atoms. The summed E-state index contributed by atoms with van der Waals surface area (Å²) in [7, 11) is 0. The second-order valence-corrected chi connectivity index (χ2v) is 7.29. The zero-order valence-electron chi connectivity index (χ0n) is 15.6. The standard InChI is InChI=1S/C22H13ClN2O5S/c23-12-5-7-13(8-6-12)25-20(27)17(19(26)24-22(25)31)11-14-9-10-18(30-14)15-3-1-2-4-16(15)21(28)29/h1-11H,(H,28,29)(H,24,26,31)/p-1/b17-11+. The van der Waals surface area contributed by atoms with Crippen molar-refractivity contribution in [1.29, 1.82) is 0 Å². The molecule has 31 heavy (non-hydrogen) atoms. The minimum atomic E-state index is -1.35. The number of rotatable bonds is 4. The minimum Gasteiger partial charge on any atom is -0.545 e. The van der Waals surface area contributed by atoms with Crippen LogP contribution < -0.4 is 15.3 Å². The smallest absolute Gasteiger partial charge is 0.270 e. The number of carbonyl (C=O) groups is 3. The number of benzene rings is 2. The Morgan fingerprint density at radius 2 is 1.77 bits per heavy atom. The van der Waals surface area contributed by atoms with Crippen LogP contribution in [-0.4, -0.2) is 22.9 Å². The van der Waals surface area contributed by atoms with E-state index in [2.05, 4.69) is 5.32 Å². The molecule has 1 aromatic heterocycles. The Hall–Kier alpha value is -3.75. The molecule has 0 aliphatic carbocycles. The van der Waals surface area contributed by atoms with Crippen LogP contribution in [0.4, 0.5) is 5.69 Å². The van der Waals surface area contributed by atoms with Gasteiger partial charge in [0, 0.05) is 16.1 Å². The number of carbonyl (C=O) groups excluding carboxylic acids is 3. The summed E-state index contributed by atoms with van der Waals surface area (Å²) in [6, 6.07) is 15.7. The highest BCUT2D eigenvalue weighted by Gasteiger charge is 2.34. The second kappa shape index (κ2) is 8.17. The highest BCUT2D eigenvalue weighted by molar-refractivity contribution is 7.80. The lowest BCUT2D eigenvalue weighted by Crippen LogP contribution is -2.54. The van der Waals surface area contributed by atoms with Crippen molar-refractivity contribution in [3.05, 3.63) is 82.6 Å². The van der Waals surface area contributed by atoms with Gasteiger partial charge in [-0.3, -0.25) is 19.8 Å². The summed E-state index contributed by atoms with van der Waals surface area (Å²) in [5.74, 6) is -2.22. The summed E-state index contributed by atoms with van der Waals surface area (Å²) in [6.07, 6.45) is 1.27. The summed E-state index contributed by atoms with van der Waals surface area (Å²) < 4.78 is 5.67. The van der Waals surface area contributed by atoms with E-state index in [1.165, 1.54) is 23.1 Å². The van der Waals surface area contributed by atoms with Gasteiger partial charge in [0.15, 0.2) is 5.11 Å². The lowest BCUT2D eigenvalue weighted by Gasteiger charge is -2.28. The molecule has 1 fully saturated rings. The third-order valence-corrected chi connectivity index (χ3v) is 5.05. The van der Waals surface area contributed by atoms with Gasteiger partial charge in [-0.25, -0.2) is 0 Å². The molecule has 1 aliphatic rings. The number of carboxylic acid groups (broad SMARTS) is 1. The maximum absolute atomic E-state index is 13.0. The van der Waals surface area contributed by atoms with Crippen LogP contribution >= 0.6 is 23.8 Å². The van der Waals surface area contributed by atoms with Crippen LogP contribution in [-0.2, 0) is 9.59 Å². The average Bonchev–Trinajstić information content (AvgIpc) is 3.21. The van der Waals surface area contributed by atoms with Crippen molar-refractivity contribution in [2.24, 2.45) is 0 Å². The molecule has 2 heterocycles. The van der Waals surface area contributed by atoms with E-state index >= 15 is 0 Å². The quantitative estimate of drug-likeness (QED) is 0.372. The predicted octanol–water partition coefficient (Wildman–Crippen LogP) is 2.79. The minimum absolute atomic E-state index is 0.0400. The Labute approximate surface area is 186 Å². The van der Waals surface area contributed by atoms with E-state index in [4.69, 9.17) is 28.2 Å². The Balaban J connectivity index is 1.69. The zero-order valence-corrected chi connectivity index (χ0v) is 17.2. The van der Waals surface area contributed by atoms with Crippen molar-refractivity contribution < 1.29 is 23.9 Å². The molecule has 0 bridgehead atoms. The molecule has 0 unspecified atom stereocenters. The Bertz CT molecular complexity index is 1260. The van der Waals surface area contributed by atoms with E-state index < -0.39 is 17.8 Å². The van der Waals surface area contributed by atoms with Gasteiger partial charge in [-0.15, -0.1) is 0 Å². The van der Waals surface area contributed by atoms with Crippen molar-refractivity contribution in [3.8, 4) is 11.3 Å². The van der Waals surface area contributed by atoms with E-state index in [9.17, 15) is 19.5 Å². The van der Waals surface area contributed by atoms with Crippen molar-refractivity contribution in [2.45, 2.75) is 0 Å². The average molecular weight is 452 g/mol. The maximum atomic E-state index is 13.0. The number of thiocarbonyl (C=S) groups is 1. The molecule has 0 atom stereocenters. The third-order valence-electron chi connectivity index (χ3n) is 4.51. The molecule has 2 amide bonds. The fourth-order valence-electron chi connectivity index (χ4n) is 3.08. The molecule has 1 saturated heterocycles. The van der Waals surface area contributed by atoms with Crippen LogP contribution in [0.25, 0.3) is 17.4 Å². The molecule has 4 rings (SSSR count). The molecule has 0 saturated carbocycles. The van der Waals surface area contributed by atoms with Crippen molar-refractivity contribution in [3.63, 3.8) is 0 Å². The summed E-state index contributed by atoms with van der Waals surface area (Å²) in [6.45, 7) is 0. The van der Waals surface area contributed by atoms with Gasteiger partial charge in [-0.2, -0.15) is 0 Å². The largest absolute Gasteiger partial charge is 0.545 e. The number of anilines is 1. The fraction of sp³-hybridized carbons (Fsp3) is 0. The topological polar surface area (TPSA) is 103 Å². The van der Waals surface area contributed by atoms with Gasteiger partial charge in [0.2, 0.25) is 0 Å². The summed E-state index contributed by atoms with van der Waals surface area (Å²) in [5, 5.41) is 14.2. The van der Waals surface area contributed by atoms with Gasteiger partial charge in [0.05, 0.1) is 11.7 Å². The first-order valence-corrected chi connectivity index (χ1v) is 9.71. The Morgan fingerprint density at radius 3 is 2.48 bits per heavy atom. The fourth-order valence-corrected chi connectivity index (χ4v) is 3.48. The Morgan fingerprint density at radius 1 is 1.06 bits per heavy atom. The van der Waals surface area contributed by atoms with E-state index in [0.29, 0.717) is 16.3 Å². The molecule has 2 aromatic carbocycles. The molecular weight excluding hydrogens is 440 g/mol. The highest BCUT2D eigenvalue weighted by Crippen LogP contribution is 2.28. The van der Waals surface area contributed by atoms with Crippen LogP contribution in [0.15, 0.2) is 70.7 Å². The van der Waals surface area contributed by atoms with Crippen LogP contribution in [0.3, 0.4) is 0 Å². The van der Waals surface area contributed by atoms with E-state index in [0.717, 1.165) is 0 Å². The van der Waals surface area contributed by atoms with Gasteiger partial charge in [0.25, 0.3) is 11.8 Å². The highest BCUT2D eigenvalue weighted by atomic mass is 35.5. The number of carboxylic acids is 1. The molecule has 1 aliphatic heterocycles. The molecule has 9 heteroatoms. The van der Waals surface area contributed by atoms with Gasteiger partial charge in [0.1, 0.15) is 17.1 Å². The van der Waals surface area contributed by atoms with Gasteiger partial charge in [-0.1, -0.05) is 35.9 Å². The first-order chi connectivity index (χ1) is 14.8. The number of aromatic carboxylic acids is 1. The second-order valence-electron chi connectivity index (χ2n) is 6.47. The van der Waals surface area contributed by atoms with E-state index in [-0.39, 0.29) is 27.8 Å². The first kappa shape index (κ1) is 20.5. The lowest BCUT2D eigenvalue weighted by molar-refractivity contribution is -0.255. The van der Waals surface area contributed by atoms with Gasteiger partial charge < -0.3 is 14.3 Å². The lowest BCUT2D eigenvalue weighted by atomic mass is 10.1. The van der Waals surface area contributed by atoms with Gasteiger partial charge in [-0.05, 0) is 54.7 Å². The Kier molecular flexibility index (Phi) is 5.41. The monoisotopic (exact) mass is 451 g/mol. The van der Waals surface area contributed by atoms with E-state index in [1.54, 1.807) is 48.5 Å². The number of furan rings is 1. The first-order valence-electron chi connectivity index (χ1n) is 8.93. The third kappa shape index (κ3) is 3.98. The van der Waals surface area contributed by atoms with Crippen molar-refractivity contribution in [2.75, 3.05) is 4.90 Å². The molecular formula is C22H12ClN2O5S-. The number of halogens is 1. The van der Waals surface area contributed by atoms with Crippen LogP contribution in [0.5, 0.6) is 0 Å². The van der Waals surface area contributed by atoms with Crippen LogP contribution in [0, 0.1) is 0 Å². The van der Waals surface area contributed by atoms with Gasteiger partial charge >= 0.3 is 0 Å². The van der Waals surface area contributed by atoms with Crippen LogP contribution in [0.1, 0.15) is 16.1 Å². The SMILES string of the molecule is O=C1NC(=S)N(c2ccc(Cl)cc2)C(=O)/C1=C/c1ccc(-c2ccccc2C(=O)[O-])o1. The number of amides is 2. The molecule has 1 N–H and O–H groups in total. The number of nitrogens with one attached hydrogen (secondary N) is 1. The van der Waals surface area contributed by atoms with Crippen molar-refractivity contribution >= 4 is 58.5 Å². The van der Waals surface area contributed by atoms with Crippen molar-refractivity contribution in [1.82, 2.24) is 5.32 Å². The zero-order chi connectivity index (χ0) is 22.1.